The number of hydrogen-bond acceptors (Lipinski definition) is 8. The SMILES string of the molecule is C.C=CCO[C@@H]1CCC[C@H]1OC(=O)N[C@H](C(=O)O)C(C)(C)C.CC(C)(C)[C@H](NC(=O)O[C@@H]1CCC[C@H]1O)C(=O)O. The fourth-order valence-corrected chi connectivity index (χ4v) is 4.33. The van der Waals surface area contributed by atoms with E-state index in [1.54, 1.807) is 47.6 Å². The number of rotatable bonds is 9. The van der Waals surface area contributed by atoms with Crippen molar-refractivity contribution in [1.82, 2.24) is 10.6 Å². The minimum absolute atomic E-state index is 0. The minimum atomic E-state index is -1.11. The zero-order valence-electron chi connectivity index (χ0n) is 23.9. The first-order valence-electron chi connectivity index (χ1n) is 13.3. The van der Waals surface area contributed by atoms with Crippen molar-refractivity contribution in [3.8, 4) is 0 Å². The molecule has 40 heavy (non-hydrogen) atoms. The third-order valence-electron chi connectivity index (χ3n) is 6.50. The van der Waals surface area contributed by atoms with Crippen LogP contribution in [0.15, 0.2) is 12.7 Å². The van der Waals surface area contributed by atoms with Crippen LogP contribution in [0.1, 0.15) is 87.5 Å². The Morgan fingerprint density at radius 1 is 0.800 bits per heavy atom. The van der Waals surface area contributed by atoms with E-state index in [9.17, 15) is 29.4 Å². The van der Waals surface area contributed by atoms with Crippen molar-refractivity contribution in [1.29, 1.82) is 0 Å². The van der Waals surface area contributed by atoms with Gasteiger partial charge in [-0.05, 0) is 49.4 Å². The van der Waals surface area contributed by atoms with Crippen LogP contribution in [0, 0.1) is 10.8 Å². The molecule has 2 rings (SSSR count). The largest absolute Gasteiger partial charge is 0.480 e. The maximum atomic E-state index is 11.9. The average molecular weight is 575 g/mol. The molecular weight excluding hydrogens is 524 g/mol. The van der Waals surface area contributed by atoms with Gasteiger partial charge in [-0.15, -0.1) is 6.58 Å². The zero-order valence-corrected chi connectivity index (χ0v) is 23.9. The summed E-state index contributed by atoms with van der Waals surface area (Å²) in [5.74, 6) is -2.18. The highest BCUT2D eigenvalue weighted by Crippen LogP contribution is 2.26. The van der Waals surface area contributed by atoms with Crippen molar-refractivity contribution in [2.45, 2.75) is 124 Å². The molecule has 232 valence electrons. The Hall–Kier alpha value is -2.86. The molecule has 2 saturated carbocycles. The number of carboxylic acids is 2. The lowest BCUT2D eigenvalue weighted by atomic mass is 9.87. The van der Waals surface area contributed by atoms with Gasteiger partial charge < -0.3 is 40.2 Å². The summed E-state index contributed by atoms with van der Waals surface area (Å²) in [4.78, 5) is 45.8. The van der Waals surface area contributed by atoms with Crippen LogP contribution in [-0.4, -0.2) is 82.6 Å². The molecular formula is C28H50N2O10. The Balaban J connectivity index is 0.000000750. The van der Waals surface area contributed by atoms with Gasteiger partial charge in [0.05, 0.1) is 18.8 Å². The summed E-state index contributed by atoms with van der Waals surface area (Å²) in [6.45, 7) is 14.4. The van der Waals surface area contributed by atoms with E-state index in [4.69, 9.17) is 19.3 Å². The maximum Gasteiger partial charge on any atom is 0.408 e. The van der Waals surface area contributed by atoms with Crippen LogP contribution in [0.25, 0.3) is 0 Å². The summed E-state index contributed by atoms with van der Waals surface area (Å²) in [6, 6.07) is -2.03. The second-order valence-electron chi connectivity index (χ2n) is 12.0. The lowest BCUT2D eigenvalue weighted by Crippen LogP contribution is -2.50. The van der Waals surface area contributed by atoms with E-state index in [0.29, 0.717) is 19.4 Å². The number of carboxylic acid groups (broad SMARTS) is 2. The van der Waals surface area contributed by atoms with E-state index >= 15 is 0 Å². The quantitative estimate of drug-likeness (QED) is 0.252. The molecule has 2 fully saturated rings. The van der Waals surface area contributed by atoms with E-state index in [-0.39, 0.29) is 19.6 Å². The third kappa shape index (κ3) is 12.5. The van der Waals surface area contributed by atoms with Crippen LogP contribution in [-0.2, 0) is 23.8 Å². The number of hydrogen-bond donors (Lipinski definition) is 5. The smallest absolute Gasteiger partial charge is 0.408 e. The van der Waals surface area contributed by atoms with Gasteiger partial charge in [-0.3, -0.25) is 0 Å². The van der Waals surface area contributed by atoms with E-state index < -0.39 is 59.2 Å². The fraction of sp³-hybridized carbons (Fsp3) is 0.786. The van der Waals surface area contributed by atoms with E-state index in [0.717, 1.165) is 25.7 Å². The first kappa shape index (κ1) is 37.1. The number of aliphatic hydroxyl groups is 1. The van der Waals surface area contributed by atoms with Gasteiger partial charge in [-0.25, -0.2) is 19.2 Å². The highest BCUT2D eigenvalue weighted by molar-refractivity contribution is 5.81. The number of amides is 2. The molecule has 0 unspecified atom stereocenters. The molecule has 0 aromatic carbocycles. The van der Waals surface area contributed by atoms with Crippen molar-refractivity contribution >= 4 is 24.1 Å². The molecule has 0 heterocycles. The zero-order chi connectivity index (χ0) is 30.0. The van der Waals surface area contributed by atoms with Crippen LogP contribution in [0.4, 0.5) is 9.59 Å². The predicted molar refractivity (Wildman–Crippen MR) is 149 cm³/mol. The van der Waals surface area contributed by atoms with Crippen LogP contribution in [0.2, 0.25) is 0 Å². The van der Waals surface area contributed by atoms with Crippen LogP contribution in [0.5, 0.6) is 0 Å². The predicted octanol–water partition coefficient (Wildman–Crippen LogP) is 4.10. The molecule has 2 amide bonds. The van der Waals surface area contributed by atoms with Crippen molar-refractivity contribution in [3.05, 3.63) is 12.7 Å². The summed E-state index contributed by atoms with van der Waals surface area (Å²) in [7, 11) is 0. The molecule has 12 nitrogen and oxygen atoms in total. The number of nitrogens with one attached hydrogen (secondary N) is 2. The van der Waals surface area contributed by atoms with Crippen molar-refractivity contribution in [2.24, 2.45) is 10.8 Å². The third-order valence-corrected chi connectivity index (χ3v) is 6.50. The Morgan fingerprint density at radius 2 is 1.20 bits per heavy atom. The van der Waals surface area contributed by atoms with Gasteiger partial charge in [0.1, 0.15) is 24.3 Å². The minimum Gasteiger partial charge on any atom is -0.480 e. The molecule has 0 aliphatic heterocycles. The Morgan fingerprint density at radius 3 is 1.57 bits per heavy atom. The van der Waals surface area contributed by atoms with Gasteiger partial charge in [0.15, 0.2) is 0 Å². The van der Waals surface area contributed by atoms with Crippen molar-refractivity contribution in [3.63, 3.8) is 0 Å². The van der Waals surface area contributed by atoms with E-state index in [2.05, 4.69) is 17.2 Å². The summed E-state index contributed by atoms with van der Waals surface area (Å²) in [5.41, 5.74) is -1.21. The van der Waals surface area contributed by atoms with Gasteiger partial charge in [0.2, 0.25) is 0 Å². The number of alkyl carbamates (subject to hydrolysis) is 2. The first-order valence-corrected chi connectivity index (χ1v) is 13.3. The van der Waals surface area contributed by atoms with Crippen LogP contribution >= 0.6 is 0 Å². The molecule has 2 aliphatic carbocycles. The van der Waals surface area contributed by atoms with Crippen molar-refractivity contribution < 1.29 is 48.7 Å². The number of carbonyl (C=O) groups excluding carboxylic acids is 2. The summed E-state index contributed by atoms with van der Waals surface area (Å²) in [5, 5.41) is 32.5. The molecule has 0 saturated heterocycles. The number of aliphatic hydroxyl groups excluding tert-OH is 1. The number of carbonyl (C=O) groups is 4. The monoisotopic (exact) mass is 574 g/mol. The lowest BCUT2D eigenvalue weighted by molar-refractivity contribution is -0.143. The summed E-state index contributed by atoms with van der Waals surface area (Å²) >= 11 is 0. The van der Waals surface area contributed by atoms with E-state index in [1.165, 1.54) is 0 Å². The molecule has 0 radical (unpaired) electrons. The normalized spacial score (nSPS) is 23.8. The van der Waals surface area contributed by atoms with Gasteiger partial charge in [0.25, 0.3) is 0 Å². The highest BCUT2D eigenvalue weighted by Gasteiger charge is 2.37. The highest BCUT2D eigenvalue weighted by atomic mass is 16.6. The average Bonchev–Trinajstić information content (AvgIpc) is 3.41. The van der Waals surface area contributed by atoms with Crippen LogP contribution in [0.3, 0.4) is 0 Å². The molecule has 0 spiro atoms. The Bertz CT molecular complexity index is 849. The number of ether oxygens (including phenoxy) is 3. The second-order valence-corrected chi connectivity index (χ2v) is 12.0. The van der Waals surface area contributed by atoms with E-state index in [1.807, 2.05) is 0 Å². The maximum absolute atomic E-state index is 11.9. The molecule has 0 aromatic rings. The van der Waals surface area contributed by atoms with Gasteiger partial charge >= 0.3 is 24.1 Å². The molecule has 0 aromatic heterocycles. The molecule has 12 heteroatoms. The topological polar surface area (TPSA) is 181 Å². The standard InChI is InChI=1S/C15H25NO5.C12H21NO5.CH4/c1-5-9-20-10-7-6-8-11(10)21-14(19)16-12(13(17)18)15(2,3)4;1-12(2,3)9(10(15)16)13-11(17)18-8-6-4-5-7(8)14;/h5,10-12H,1,6-9H2,2-4H3,(H,16,19)(H,17,18);7-9,14H,4-6H2,1-3H3,(H,13,17)(H,15,16);1H4/t10-,11-,12-;7-,8-,9-;/m11./s1. The van der Waals surface area contributed by atoms with Crippen molar-refractivity contribution in [2.75, 3.05) is 6.61 Å². The molecule has 6 atom stereocenters. The van der Waals surface area contributed by atoms with Gasteiger partial charge in [-0.1, -0.05) is 55.0 Å². The second kappa shape index (κ2) is 16.4. The van der Waals surface area contributed by atoms with Gasteiger partial charge in [0, 0.05) is 0 Å². The lowest BCUT2D eigenvalue weighted by Gasteiger charge is -2.28. The molecule has 2 aliphatic rings. The molecule has 5 N–H and O–H groups in total. The van der Waals surface area contributed by atoms with Crippen LogP contribution < -0.4 is 10.6 Å². The number of aliphatic carboxylic acids is 2. The molecule has 0 bridgehead atoms. The summed E-state index contributed by atoms with van der Waals surface area (Å²) in [6.07, 6.45) is 2.99. The Kier molecular flexibility index (Phi) is 15.2. The first-order chi connectivity index (χ1) is 18.0. The summed E-state index contributed by atoms with van der Waals surface area (Å²) < 4.78 is 15.9. The van der Waals surface area contributed by atoms with Gasteiger partial charge in [-0.2, -0.15) is 0 Å². The Labute approximate surface area is 237 Å². The fourth-order valence-electron chi connectivity index (χ4n) is 4.33.